The van der Waals surface area contributed by atoms with E-state index in [0.29, 0.717) is 23.7 Å². The van der Waals surface area contributed by atoms with E-state index in [4.69, 9.17) is 11.6 Å². The highest BCUT2D eigenvalue weighted by Gasteiger charge is 2.75. The largest absolute Gasteiger partial charge is 0.394 e. The molecular formula is C22H27BrClN3O4S. The van der Waals surface area contributed by atoms with Gasteiger partial charge in [0.1, 0.15) is 6.04 Å². The number of halogens is 2. The summed E-state index contributed by atoms with van der Waals surface area (Å²) >= 11 is 11.3. The molecule has 7 nitrogen and oxygen atoms in total. The van der Waals surface area contributed by atoms with E-state index in [0.717, 1.165) is 6.42 Å². The number of hydrogen-bond donors (Lipinski definition) is 3. The zero-order valence-corrected chi connectivity index (χ0v) is 21.0. The number of aliphatic hydroxyl groups excluding tert-OH is 1. The third-order valence-electron chi connectivity index (χ3n) is 6.68. The number of nitrogens with one attached hydrogen (secondary N) is 2. The molecule has 174 valence electrons. The molecule has 7 atom stereocenters. The Morgan fingerprint density at radius 1 is 1.34 bits per heavy atom. The summed E-state index contributed by atoms with van der Waals surface area (Å²) in [7, 11) is 0. The van der Waals surface area contributed by atoms with Crippen LogP contribution in [0.25, 0.3) is 0 Å². The van der Waals surface area contributed by atoms with Crippen molar-refractivity contribution in [1.82, 2.24) is 10.2 Å². The first-order valence-electron chi connectivity index (χ1n) is 10.8. The van der Waals surface area contributed by atoms with Crippen LogP contribution in [0.15, 0.2) is 24.3 Å². The molecule has 3 N–H and O–H groups in total. The first-order chi connectivity index (χ1) is 15.2. The molecule has 4 rings (SSSR count). The Hall–Kier alpha value is -1.29. The van der Waals surface area contributed by atoms with Gasteiger partial charge in [-0.1, -0.05) is 34.5 Å². The van der Waals surface area contributed by atoms with Crippen molar-refractivity contribution >= 4 is 62.7 Å². The van der Waals surface area contributed by atoms with Gasteiger partial charge in [-0.05, 0) is 44.0 Å². The summed E-state index contributed by atoms with van der Waals surface area (Å²) in [5.41, 5.74) is 0.577. The van der Waals surface area contributed by atoms with E-state index in [1.165, 1.54) is 4.90 Å². The SMILES string of the molecule is CCCNC(=O)[C@H]1[C@H]2C(=O)N([C@H](C)CO)C(C(=O)Nc3ccc(Cl)cc3)C23CC(Br)[C@@H]1S3. The molecule has 32 heavy (non-hydrogen) atoms. The van der Waals surface area contributed by atoms with Gasteiger partial charge in [-0.3, -0.25) is 14.4 Å². The van der Waals surface area contributed by atoms with Crippen molar-refractivity contribution in [3.05, 3.63) is 29.3 Å². The summed E-state index contributed by atoms with van der Waals surface area (Å²) in [6.07, 6.45) is 1.40. The summed E-state index contributed by atoms with van der Waals surface area (Å²) in [6, 6.07) is 5.45. The second kappa shape index (κ2) is 9.16. The summed E-state index contributed by atoms with van der Waals surface area (Å²) < 4.78 is -0.732. The Balaban J connectivity index is 1.71. The standard InChI is InChI=1S/C22H27BrClN3O4S/c1-3-8-25-19(29)15-16-21(31)27(11(2)10-28)18(22(16)9-14(23)17(15)32-22)20(30)26-13-6-4-12(24)5-7-13/h4-7,11,14-18,28H,3,8-10H2,1-2H3,(H,25,29)(H,26,30)/t11-,14?,15+,16+,17+,18?,22?/m1/s1. The van der Waals surface area contributed by atoms with Gasteiger partial charge in [0.2, 0.25) is 17.7 Å². The quantitative estimate of drug-likeness (QED) is 0.459. The third-order valence-corrected chi connectivity index (χ3v) is 10.2. The van der Waals surface area contributed by atoms with Gasteiger partial charge in [0.05, 0.1) is 29.2 Å². The van der Waals surface area contributed by atoms with Crippen LogP contribution in [0.1, 0.15) is 26.7 Å². The maximum Gasteiger partial charge on any atom is 0.248 e. The molecule has 0 radical (unpaired) electrons. The molecule has 0 saturated carbocycles. The average molecular weight is 545 g/mol. The first-order valence-corrected chi connectivity index (χ1v) is 13.0. The molecule has 10 heteroatoms. The second-order valence-corrected chi connectivity index (χ2v) is 11.9. The van der Waals surface area contributed by atoms with Crippen LogP contribution in [0.3, 0.4) is 0 Å². The molecule has 3 aliphatic rings. The minimum atomic E-state index is -0.795. The molecule has 0 aliphatic carbocycles. The van der Waals surface area contributed by atoms with Gasteiger partial charge in [0, 0.05) is 27.3 Å². The highest BCUT2D eigenvalue weighted by atomic mass is 79.9. The Morgan fingerprint density at radius 2 is 2.03 bits per heavy atom. The number of likely N-dealkylation sites (tertiary alicyclic amines) is 1. The highest BCUT2D eigenvalue weighted by Crippen LogP contribution is 2.68. The predicted octanol–water partition coefficient (Wildman–Crippen LogP) is 2.65. The molecular weight excluding hydrogens is 518 g/mol. The lowest BCUT2D eigenvalue weighted by molar-refractivity contribution is -0.141. The van der Waals surface area contributed by atoms with Gasteiger partial charge in [-0.2, -0.15) is 0 Å². The van der Waals surface area contributed by atoms with Gasteiger partial charge >= 0.3 is 0 Å². The first kappa shape index (κ1) is 23.9. The van der Waals surface area contributed by atoms with E-state index >= 15 is 0 Å². The number of carbonyl (C=O) groups is 3. The Morgan fingerprint density at radius 3 is 2.66 bits per heavy atom. The number of aliphatic hydroxyl groups is 1. The van der Waals surface area contributed by atoms with Crippen LogP contribution in [0.2, 0.25) is 5.02 Å². The van der Waals surface area contributed by atoms with Crippen molar-refractivity contribution in [1.29, 1.82) is 0 Å². The molecule has 3 heterocycles. The van der Waals surface area contributed by atoms with Crippen LogP contribution >= 0.6 is 39.3 Å². The van der Waals surface area contributed by atoms with Crippen molar-refractivity contribution in [2.24, 2.45) is 11.8 Å². The average Bonchev–Trinajstić information content (AvgIpc) is 3.36. The van der Waals surface area contributed by atoms with Crippen LogP contribution in [0.5, 0.6) is 0 Å². The number of alkyl halides is 1. The van der Waals surface area contributed by atoms with Crippen molar-refractivity contribution in [2.75, 3.05) is 18.5 Å². The fraction of sp³-hybridized carbons (Fsp3) is 0.591. The van der Waals surface area contributed by atoms with Crippen LogP contribution < -0.4 is 10.6 Å². The van der Waals surface area contributed by atoms with Crippen molar-refractivity contribution < 1.29 is 19.5 Å². The Kier molecular flexibility index (Phi) is 6.83. The molecule has 3 aliphatic heterocycles. The number of amides is 3. The Labute approximate surface area is 205 Å². The zero-order chi connectivity index (χ0) is 23.2. The van der Waals surface area contributed by atoms with E-state index in [1.807, 2.05) is 6.92 Å². The maximum atomic E-state index is 13.7. The minimum absolute atomic E-state index is 0.0177. The molecule has 1 spiro atoms. The number of benzene rings is 1. The maximum absolute atomic E-state index is 13.7. The van der Waals surface area contributed by atoms with Gasteiger partial charge in [0.15, 0.2) is 0 Å². The normalized spacial score (nSPS) is 33.8. The lowest BCUT2D eigenvalue weighted by Crippen LogP contribution is -2.55. The summed E-state index contributed by atoms with van der Waals surface area (Å²) in [5.74, 6) is -1.79. The second-order valence-electron chi connectivity index (χ2n) is 8.73. The number of rotatable bonds is 7. The van der Waals surface area contributed by atoms with Gasteiger partial charge in [-0.25, -0.2) is 0 Å². The lowest BCUT2D eigenvalue weighted by Gasteiger charge is -2.36. The molecule has 3 unspecified atom stereocenters. The summed E-state index contributed by atoms with van der Waals surface area (Å²) in [5, 5.41) is 16.2. The van der Waals surface area contributed by atoms with Gasteiger partial charge < -0.3 is 20.6 Å². The number of anilines is 1. The number of thioether (sulfide) groups is 1. The number of hydrogen-bond acceptors (Lipinski definition) is 5. The zero-order valence-electron chi connectivity index (χ0n) is 17.9. The fourth-order valence-corrected chi connectivity index (χ4v) is 9.06. The smallest absolute Gasteiger partial charge is 0.248 e. The molecule has 1 aromatic carbocycles. The molecule has 3 amide bonds. The summed E-state index contributed by atoms with van der Waals surface area (Å²) in [6.45, 7) is 3.99. The van der Waals surface area contributed by atoms with Crippen molar-refractivity contribution in [3.63, 3.8) is 0 Å². The van der Waals surface area contributed by atoms with E-state index in [1.54, 1.807) is 43.0 Å². The van der Waals surface area contributed by atoms with E-state index < -0.39 is 28.7 Å². The summed E-state index contributed by atoms with van der Waals surface area (Å²) in [4.78, 5) is 41.9. The minimum Gasteiger partial charge on any atom is -0.394 e. The van der Waals surface area contributed by atoms with Crippen LogP contribution in [-0.4, -0.2) is 67.8 Å². The fourth-order valence-electron chi connectivity index (χ4n) is 5.34. The monoisotopic (exact) mass is 543 g/mol. The van der Waals surface area contributed by atoms with Crippen molar-refractivity contribution in [2.45, 2.75) is 53.6 Å². The predicted molar refractivity (Wildman–Crippen MR) is 129 cm³/mol. The van der Waals surface area contributed by atoms with E-state index in [9.17, 15) is 19.5 Å². The molecule has 1 aromatic rings. The van der Waals surface area contributed by atoms with Crippen LogP contribution in [0, 0.1) is 11.8 Å². The molecule has 2 bridgehead atoms. The topological polar surface area (TPSA) is 98.7 Å². The highest BCUT2D eigenvalue weighted by molar-refractivity contribution is 9.09. The van der Waals surface area contributed by atoms with Crippen LogP contribution in [-0.2, 0) is 14.4 Å². The van der Waals surface area contributed by atoms with E-state index in [-0.39, 0.29) is 34.4 Å². The lowest BCUT2D eigenvalue weighted by atomic mass is 9.70. The third kappa shape index (κ3) is 3.75. The van der Waals surface area contributed by atoms with Gasteiger partial charge in [-0.15, -0.1) is 11.8 Å². The molecule has 3 saturated heterocycles. The number of nitrogens with zero attached hydrogens (tertiary/aromatic N) is 1. The number of fused-ring (bicyclic) bond motifs is 1. The molecule has 0 aromatic heterocycles. The van der Waals surface area contributed by atoms with Crippen LogP contribution in [0.4, 0.5) is 5.69 Å². The Bertz CT molecular complexity index is 919. The van der Waals surface area contributed by atoms with Crippen molar-refractivity contribution in [3.8, 4) is 0 Å². The molecule has 3 fully saturated rings. The van der Waals surface area contributed by atoms with Gasteiger partial charge in [0.25, 0.3) is 0 Å². The van der Waals surface area contributed by atoms with E-state index in [2.05, 4.69) is 26.6 Å². The number of carbonyl (C=O) groups excluding carboxylic acids is 3.